The molecule has 0 N–H and O–H groups in total. The van der Waals surface area contributed by atoms with Crippen molar-refractivity contribution >= 4 is 5.97 Å². The van der Waals surface area contributed by atoms with Crippen molar-refractivity contribution in [2.45, 2.75) is 46.1 Å². The van der Waals surface area contributed by atoms with Crippen LogP contribution in [0.1, 0.15) is 40.0 Å². The maximum absolute atomic E-state index is 11.0. The lowest BCUT2D eigenvalue weighted by molar-refractivity contribution is -0.147. The van der Waals surface area contributed by atoms with Gasteiger partial charge in [-0.3, -0.25) is 4.79 Å². The van der Waals surface area contributed by atoms with Gasteiger partial charge in [-0.25, -0.2) is 0 Å². The Balaban J connectivity index is 2.25. The van der Waals surface area contributed by atoms with Gasteiger partial charge in [0.05, 0.1) is 6.61 Å². The molecule has 0 aliphatic heterocycles. The Morgan fingerprint density at radius 2 is 1.89 bits per heavy atom. The van der Waals surface area contributed by atoms with E-state index >= 15 is 0 Å². The zero-order chi connectivity index (χ0) is 14.1. The summed E-state index contributed by atoms with van der Waals surface area (Å²) in [7, 11) is 0. The molecule has 1 rings (SSSR count). The summed E-state index contributed by atoms with van der Waals surface area (Å²) in [5, 5.41) is 0. The van der Waals surface area contributed by atoms with Crippen molar-refractivity contribution in [1.82, 2.24) is 0 Å². The molecule has 0 amide bonds. The number of ether oxygens (including phenoxy) is 2. The highest BCUT2D eigenvalue weighted by molar-refractivity contribution is 5.66. The Bertz CT molecular complexity index is 360. The highest BCUT2D eigenvalue weighted by Gasteiger charge is 2.13. The molecule has 0 aliphatic carbocycles. The molecule has 3 heteroatoms. The highest BCUT2D eigenvalue weighted by atomic mass is 16.5. The fourth-order valence-corrected chi connectivity index (χ4v) is 2.00. The Hall–Kier alpha value is -1.51. The third-order valence-corrected chi connectivity index (χ3v) is 2.75. The zero-order valence-corrected chi connectivity index (χ0v) is 12.1. The fourth-order valence-electron chi connectivity index (χ4n) is 2.00. The minimum atomic E-state index is -0.199. The van der Waals surface area contributed by atoms with Crippen molar-refractivity contribution < 1.29 is 14.3 Å². The maximum Gasteiger partial charge on any atom is 0.302 e. The van der Waals surface area contributed by atoms with Gasteiger partial charge in [0, 0.05) is 6.92 Å². The lowest BCUT2D eigenvalue weighted by atomic mass is 10.0. The summed E-state index contributed by atoms with van der Waals surface area (Å²) in [4.78, 5) is 11.0. The number of para-hydroxylation sites is 1. The molecular weight excluding hydrogens is 240 g/mol. The second-order valence-electron chi connectivity index (χ2n) is 5.16. The van der Waals surface area contributed by atoms with Crippen molar-refractivity contribution in [3.8, 4) is 5.75 Å². The second-order valence-corrected chi connectivity index (χ2v) is 5.16. The summed E-state index contributed by atoms with van der Waals surface area (Å²) in [6, 6.07) is 9.76. The number of hydrogen-bond donors (Lipinski definition) is 0. The van der Waals surface area contributed by atoms with Crippen LogP contribution in [-0.4, -0.2) is 18.7 Å². The van der Waals surface area contributed by atoms with Crippen LogP contribution >= 0.6 is 0 Å². The van der Waals surface area contributed by atoms with Gasteiger partial charge in [-0.05, 0) is 37.3 Å². The van der Waals surface area contributed by atoms with Crippen LogP contribution in [0, 0.1) is 5.92 Å². The number of esters is 1. The summed E-state index contributed by atoms with van der Waals surface area (Å²) in [6.45, 7) is 6.39. The van der Waals surface area contributed by atoms with Crippen LogP contribution in [0.3, 0.4) is 0 Å². The van der Waals surface area contributed by atoms with E-state index < -0.39 is 0 Å². The minimum absolute atomic E-state index is 0.0110. The van der Waals surface area contributed by atoms with Crippen LogP contribution in [0.4, 0.5) is 0 Å². The Morgan fingerprint density at radius 3 is 2.47 bits per heavy atom. The van der Waals surface area contributed by atoms with E-state index in [1.807, 2.05) is 30.3 Å². The topological polar surface area (TPSA) is 35.5 Å². The van der Waals surface area contributed by atoms with E-state index in [2.05, 4.69) is 13.8 Å². The maximum atomic E-state index is 11.0. The van der Waals surface area contributed by atoms with Gasteiger partial charge < -0.3 is 9.47 Å². The molecule has 19 heavy (non-hydrogen) atoms. The largest absolute Gasteiger partial charge is 0.494 e. The molecule has 0 aromatic heterocycles. The summed E-state index contributed by atoms with van der Waals surface area (Å²) >= 11 is 0. The molecule has 1 unspecified atom stereocenters. The summed E-state index contributed by atoms with van der Waals surface area (Å²) < 4.78 is 10.9. The molecule has 106 valence electrons. The molecule has 1 atom stereocenters. The predicted molar refractivity (Wildman–Crippen MR) is 76.2 cm³/mol. The molecule has 3 nitrogen and oxygen atoms in total. The van der Waals surface area contributed by atoms with Crippen LogP contribution in [0.15, 0.2) is 30.3 Å². The first-order valence-electron chi connectivity index (χ1n) is 6.93. The van der Waals surface area contributed by atoms with Gasteiger partial charge in [0.25, 0.3) is 0 Å². The number of rotatable bonds is 8. The van der Waals surface area contributed by atoms with E-state index in [0.29, 0.717) is 12.5 Å². The van der Waals surface area contributed by atoms with Crippen molar-refractivity contribution in [2.75, 3.05) is 6.61 Å². The Labute approximate surface area is 115 Å². The van der Waals surface area contributed by atoms with Gasteiger partial charge in [0.2, 0.25) is 0 Å². The van der Waals surface area contributed by atoms with Crippen LogP contribution in [0.5, 0.6) is 5.75 Å². The lowest BCUT2D eigenvalue weighted by Crippen LogP contribution is -2.19. The predicted octanol–water partition coefficient (Wildman–Crippen LogP) is 3.82. The molecule has 1 aromatic rings. The SMILES string of the molecule is CC(=O)OC(CCCOc1ccccc1)CC(C)C. The van der Waals surface area contributed by atoms with Crippen LogP contribution < -0.4 is 4.74 Å². The van der Waals surface area contributed by atoms with E-state index in [0.717, 1.165) is 25.0 Å². The van der Waals surface area contributed by atoms with Crippen molar-refractivity contribution in [1.29, 1.82) is 0 Å². The summed E-state index contributed by atoms with van der Waals surface area (Å²) in [6.07, 6.45) is 2.66. The molecular formula is C16H24O3. The lowest BCUT2D eigenvalue weighted by Gasteiger charge is -2.19. The molecule has 0 fully saturated rings. The van der Waals surface area contributed by atoms with Gasteiger partial charge in [0.1, 0.15) is 11.9 Å². The summed E-state index contributed by atoms with van der Waals surface area (Å²) in [5.41, 5.74) is 0. The molecule has 0 radical (unpaired) electrons. The first-order chi connectivity index (χ1) is 9.08. The van der Waals surface area contributed by atoms with Gasteiger partial charge in [-0.1, -0.05) is 32.0 Å². The van der Waals surface area contributed by atoms with Gasteiger partial charge in [-0.15, -0.1) is 0 Å². The van der Waals surface area contributed by atoms with Crippen LogP contribution in [-0.2, 0) is 9.53 Å². The zero-order valence-electron chi connectivity index (χ0n) is 12.1. The second kappa shape index (κ2) is 8.57. The first kappa shape index (κ1) is 15.5. The average Bonchev–Trinajstić information content (AvgIpc) is 2.34. The van der Waals surface area contributed by atoms with Gasteiger partial charge >= 0.3 is 5.97 Å². The summed E-state index contributed by atoms with van der Waals surface area (Å²) in [5.74, 6) is 1.21. The number of carbonyl (C=O) groups is 1. The molecule has 0 saturated heterocycles. The molecule has 0 bridgehead atoms. The van der Waals surface area contributed by atoms with Crippen molar-refractivity contribution in [3.05, 3.63) is 30.3 Å². The highest BCUT2D eigenvalue weighted by Crippen LogP contribution is 2.15. The smallest absolute Gasteiger partial charge is 0.302 e. The van der Waals surface area contributed by atoms with Gasteiger partial charge in [-0.2, -0.15) is 0 Å². The van der Waals surface area contributed by atoms with E-state index in [1.165, 1.54) is 6.92 Å². The molecule has 0 aliphatic rings. The van der Waals surface area contributed by atoms with Crippen molar-refractivity contribution in [2.24, 2.45) is 5.92 Å². The number of hydrogen-bond acceptors (Lipinski definition) is 3. The van der Waals surface area contributed by atoms with E-state index in [1.54, 1.807) is 0 Å². The molecule has 0 saturated carbocycles. The molecule has 0 spiro atoms. The van der Waals surface area contributed by atoms with E-state index in [9.17, 15) is 4.79 Å². The minimum Gasteiger partial charge on any atom is -0.494 e. The molecule has 0 heterocycles. The number of benzene rings is 1. The Morgan fingerprint density at radius 1 is 1.21 bits per heavy atom. The molecule has 1 aromatic carbocycles. The normalized spacial score (nSPS) is 12.2. The average molecular weight is 264 g/mol. The Kier molecular flexibility index (Phi) is 7.01. The van der Waals surface area contributed by atoms with Crippen LogP contribution in [0.25, 0.3) is 0 Å². The first-order valence-corrected chi connectivity index (χ1v) is 6.93. The quantitative estimate of drug-likeness (QED) is 0.529. The van der Waals surface area contributed by atoms with Crippen LogP contribution in [0.2, 0.25) is 0 Å². The van der Waals surface area contributed by atoms with E-state index in [-0.39, 0.29) is 12.1 Å². The third-order valence-electron chi connectivity index (χ3n) is 2.75. The van der Waals surface area contributed by atoms with E-state index in [4.69, 9.17) is 9.47 Å². The fraction of sp³-hybridized carbons (Fsp3) is 0.562. The monoisotopic (exact) mass is 264 g/mol. The number of carbonyl (C=O) groups excluding carboxylic acids is 1. The standard InChI is InChI=1S/C16H24O3/c1-13(2)12-16(19-14(3)17)10-7-11-18-15-8-5-4-6-9-15/h4-6,8-9,13,16H,7,10-12H2,1-3H3. The van der Waals surface area contributed by atoms with Gasteiger partial charge in [0.15, 0.2) is 0 Å². The third kappa shape index (κ3) is 7.50. The van der Waals surface area contributed by atoms with Crippen molar-refractivity contribution in [3.63, 3.8) is 0 Å².